The number of nitrogens with one attached hydrogen (secondary N) is 1. The molecule has 2 rings (SSSR count). The third-order valence-corrected chi connectivity index (χ3v) is 3.94. The molecule has 98 valence electrons. The van der Waals surface area contributed by atoms with Gasteiger partial charge in [-0.1, -0.05) is 6.42 Å². The highest BCUT2D eigenvalue weighted by Gasteiger charge is 2.26. The maximum atomic E-state index is 11.8. The van der Waals surface area contributed by atoms with E-state index in [1.54, 1.807) is 7.11 Å². The molecule has 1 saturated carbocycles. The smallest absolute Gasteiger partial charge is 0.224 e. The molecule has 1 heterocycles. The van der Waals surface area contributed by atoms with Crippen molar-refractivity contribution in [2.24, 2.45) is 0 Å². The van der Waals surface area contributed by atoms with Crippen LogP contribution in [0.1, 0.15) is 38.5 Å². The molecule has 2 aliphatic rings. The van der Waals surface area contributed by atoms with E-state index in [0.29, 0.717) is 19.1 Å². The van der Waals surface area contributed by atoms with E-state index in [4.69, 9.17) is 4.74 Å². The zero-order valence-electron chi connectivity index (χ0n) is 10.8. The normalized spacial score (nSPS) is 22.5. The first-order chi connectivity index (χ1) is 8.29. The number of amides is 1. The lowest BCUT2D eigenvalue weighted by atomic mass is 9.91. The molecule has 1 saturated heterocycles. The van der Waals surface area contributed by atoms with Gasteiger partial charge in [0, 0.05) is 32.3 Å². The molecule has 0 atom stereocenters. The summed E-state index contributed by atoms with van der Waals surface area (Å²) in [6, 6.07) is 1.39. The number of carbonyl (C=O) groups excluding carboxylic acids is 1. The summed E-state index contributed by atoms with van der Waals surface area (Å²) in [5.41, 5.74) is 0. The van der Waals surface area contributed by atoms with E-state index in [1.165, 1.54) is 19.3 Å². The molecule has 0 spiro atoms. The van der Waals surface area contributed by atoms with Crippen molar-refractivity contribution in [1.82, 2.24) is 10.2 Å². The number of hydrogen-bond donors (Lipinski definition) is 1. The van der Waals surface area contributed by atoms with Crippen LogP contribution in [0.2, 0.25) is 0 Å². The van der Waals surface area contributed by atoms with Crippen LogP contribution >= 0.6 is 0 Å². The monoisotopic (exact) mass is 240 g/mol. The minimum atomic E-state index is 0.244. The van der Waals surface area contributed by atoms with Crippen LogP contribution in [-0.4, -0.2) is 49.7 Å². The average molecular weight is 240 g/mol. The first-order valence-electron chi connectivity index (χ1n) is 6.82. The Morgan fingerprint density at radius 2 is 1.88 bits per heavy atom. The van der Waals surface area contributed by atoms with Gasteiger partial charge in [0.05, 0.1) is 13.0 Å². The SMILES string of the molecule is COCCC(=O)N1CCC(NC2CCC2)CC1. The first-order valence-corrected chi connectivity index (χ1v) is 6.82. The van der Waals surface area contributed by atoms with Gasteiger partial charge in [-0.2, -0.15) is 0 Å². The van der Waals surface area contributed by atoms with Crippen molar-refractivity contribution < 1.29 is 9.53 Å². The fourth-order valence-electron chi connectivity index (χ4n) is 2.55. The zero-order chi connectivity index (χ0) is 12.1. The maximum absolute atomic E-state index is 11.8. The van der Waals surface area contributed by atoms with Crippen LogP contribution in [0.4, 0.5) is 0 Å². The Labute approximate surface area is 104 Å². The molecule has 1 N–H and O–H groups in total. The number of nitrogens with zero attached hydrogens (tertiary/aromatic N) is 1. The Hall–Kier alpha value is -0.610. The highest BCUT2D eigenvalue weighted by molar-refractivity contribution is 5.76. The highest BCUT2D eigenvalue weighted by Crippen LogP contribution is 2.21. The van der Waals surface area contributed by atoms with E-state index in [2.05, 4.69) is 5.32 Å². The Morgan fingerprint density at radius 1 is 1.24 bits per heavy atom. The predicted molar refractivity (Wildman–Crippen MR) is 66.9 cm³/mol. The summed E-state index contributed by atoms with van der Waals surface area (Å²) in [4.78, 5) is 13.8. The minimum Gasteiger partial charge on any atom is -0.384 e. The Balaban J connectivity index is 1.64. The molecule has 0 aromatic carbocycles. The molecule has 1 amide bonds. The number of likely N-dealkylation sites (tertiary alicyclic amines) is 1. The zero-order valence-corrected chi connectivity index (χ0v) is 10.8. The molecule has 0 aromatic rings. The largest absolute Gasteiger partial charge is 0.384 e. The van der Waals surface area contributed by atoms with Crippen molar-refractivity contribution in [3.8, 4) is 0 Å². The molecule has 0 bridgehead atoms. The number of methoxy groups -OCH3 is 1. The van der Waals surface area contributed by atoms with Crippen molar-refractivity contribution in [3.05, 3.63) is 0 Å². The molecule has 4 nitrogen and oxygen atoms in total. The van der Waals surface area contributed by atoms with Gasteiger partial charge in [-0.15, -0.1) is 0 Å². The lowest BCUT2D eigenvalue weighted by Crippen LogP contribution is -2.49. The summed E-state index contributed by atoms with van der Waals surface area (Å²) < 4.78 is 4.94. The quantitative estimate of drug-likeness (QED) is 0.784. The lowest BCUT2D eigenvalue weighted by Gasteiger charge is -2.37. The fourth-order valence-corrected chi connectivity index (χ4v) is 2.55. The first kappa shape index (κ1) is 12.8. The van der Waals surface area contributed by atoms with Gasteiger partial charge in [-0.05, 0) is 25.7 Å². The van der Waals surface area contributed by atoms with Gasteiger partial charge in [0.1, 0.15) is 0 Å². The molecule has 1 aliphatic heterocycles. The summed E-state index contributed by atoms with van der Waals surface area (Å²) in [5.74, 6) is 0.244. The number of piperidine rings is 1. The van der Waals surface area contributed by atoms with E-state index < -0.39 is 0 Å². The van der Waals surface area contributed by atoms with Gasteiger partial charge in [0.2, 0.25) is 5.91 Å². The van der Waals surface area contributed by atoms with Gasteiger partial charge < -0.3 is 15.0 Å². The summed E-state index contributed by atoms with van der Waals surface area (Å²) >= 11 is 0. The number of ether oxygens (including phenoxy) is 1. The van der Waals surface area contributed by atoms with Crippen LogP contribution in [0.25, 0.3) is 0 Å². The van der Waals surface area contributed by atoms with Crippen LogP contribution in [-0.2, 0) is 9.53 Å². The van der Waals surface area contributed by atoms with Crippen molar-refractivity contribution in [1.29, 1.82) is 0 Å². The highest BCUT2D eigenvalue weighted by atomic mass is 16.5. The molecule has 1 aliphatic carbocycles. The topological polar surface area (TPSA) is 41.6 Å². The second-order valence-electron chi connectivity index (χ2n) is 5.19. The summed E-state index contributed by atoms with van der Waals surface area (Å²) in [5, 5.41) is 3.70. The maximum Gasteiger partial charge on any atom is 0.224 e. The van der Waals surface area contributed by atoms with E-state index in [-0.39, 0.29) is 5.91 Å². The summed E-state index contributed by atoms with van der Waals surface area (Å²) in [7, 11) is 1.64. The number of hydrogen-bond acceptors (Lipinski definition) is 3. The Bertz CT molecular complexity index is 246. The second kappa shape index (κ2) is 6.36. The van der Waals surface area contributed by atoms with Crippen molar-refractivity contribution in [2.45, 2.75) is 50.6 Å². The fraction of sp³-hybridized carbons (Fsp3) is 0.923. The Kier molecular flexibility index (Phi) is 4.80. The lowest BCUT2D eigenvalue weighted by molar-refractivity contribution is -0.133. The summed E-state index contributed by atoms with van der Waals surface area (Å²) in [6.07, 6.45) is 6.80. The van der Waals surface area contributed by atoms with Crippen LogP contribution in [0.5, 0.6) is 0 Å². The summed E-state index contributed by atoms with van der Waals surface area (Å²) in [6.45, 7) is 2.36. The third kappa shape index (κ3) is 3.68. The molecular weight excluding hydrogens is 216 g/mol. The third-order valence-electron chi connectivity index (χ3n) is 3.94. The molecule has 2 fully saturated rings. The van der Waals surface area contributed by atoms with Crippen LogP contribution in [0.3, 0.4) is 0 Å². The molecule has 0 aromatic heterocycles. The van der Waals surface area contributed by atoms with E-state index in [0.717, 1.165) is 32.0 Å². The molecule has 4 heteroatoms. The number of carbonyl (C=O) groups is 1. The molecule has 0 unspecified atom stereocenters. The van der Waals surface area contributed by atoms with Crippen LogP contribution in [0.15, 0.2) is 0 Å². The molecule has 17 heavy (non-hydrogen) atoms. The van der Waals surface area contributed by atoms with Crippen molar-refractivity contribution >= 4 is 5.91 Å². The predicted octanol–water partition coefficient (Wildman–Crippen LogP) is 1.16. The van der Waals surface area contributed by atoms with Gasteiger partial charge in [-0.3, -0.25) is 4.79 Å². The molecule has 0 radical (unpaired) electrons. The van der Waals surface area contributed by atoms with Gasteiger partial charge >= 0.3 is 0 Å². The van der Waals surface area contributed by atoms with Gasteiger partial charge in [0.25, 0.3) is 0 Å². The standard InChI is InChI=1S/C13H24N2O2/c1-17-10-7-13(16)15-8-5-12(6-9-15)14-11-3-2-4-11/h11-12,14H,2-10H2,1H3. The van der Waals surface area contributed by atoms with Crippen LogP contribution in [0, 0.1) is 0 Å². The van der Waals surface area contributed by atoms with Crippen LogP contribution < -0.4 is 5.32 Å². The number of rotatable bonds is 5. The van der Waals surface area contributed by atoms with E-state index in [1.807, 2.05) is 4.90 Å². The van der Waals surface area contributed by atoms with E-state index in [9.17, 15) is 4.79 Å². The van der Waals surface area contributed by atoms with Gasteiger partial charge in [-0.25, -0.2) is 0 Å². The van der Waals surface area contributed by atoms with Crippen molar-refractivity contribution in [3.63, 3.8) is 0 Å². The van der Waals surface area contributed by atoms with Crippen molar-refractivity contribution in [2.75, 3.05) is 26.8 Å². The second-order valence-corrected chi connectivity index (χ2v) is 5.19. The van der Waals surface area contributed by atoms with Gasteiger partial charge in [0.15, 0.2) is 0 Å². The average Bonchev–Trinajstić information content (AvgIpc) is 2.31. The minimum absolute atomic E-state index is 0.244. The molecular formula is C13H24N2O2. The van der Waals surface area contributed by atoms with E-state index >= 15 is 0 Å². The Morgan fingerprint density at radius 3 is 2.41 bits per heavy atom.